The molecular formula is C23H27ClN2O6Pr. The number of anilines is 1. The Morgan fingerprint density at radius 2 is 1.73 bits per heavy atom. The van der Waals surface area contributed by atoms with Crippen molar-refractivity contribution in [2.75, 3.05) is 12.4 Å². The van der Waals surface area contributed by atoms with Gasteiger partial charge in [-0.1, -0.05) is 23.7 Å². The molecule has 0 aromatic heterocycles. The first-order chi connectivity index (χ1) is 15.0. The number of carbonyl (C=O) groups is 3. The Balaban J connectivity index is 0.00000544. The summed E-state index contributed by atoms with van der Waals surface area (Å²) < 4.78 is 9.96. The number of ether oxygens (including phenoxy) is 2. The third-order valence-electron chi connectivity index (χ3n) is 4.27. The Labute approximate surface area is 231 Å². The van der Waals surface area contributed by atoms with Gasteiger partial charge in [-0.15, -0.1) is 0 Å². The minimum absolute atomic E-state index is 0. The molecule has 0 fully saturated rings. The maximum Gasteiger partial charge on any atom is 0.412 e. The molecule has 0 aliphatic carbocycles. The smallest absolute Gasteiger partial charge is 0.412 e. The third kappa shape index (κ3) is 10.3. The topological polar surface area (TPSA) is 114 Å². The molecule has 0 heterocycles. The van der Waals surface area contributed by atoms with Crippen LogP contribution in [0.1, 0.15) is 43.1 Å². The first kappa shape index (κ1) is 29.1. The van der Waals surface area contributed by atoms with E-state index in [1.165, 1.54) is 25.3 Å². The SMILES string of the molecule is COC(=O)C[C@H](Cc1ccc(NC(=O)OC(C)(C)C)cc1)NC(=O)c1ccc(O)c(Cl)c1.[Pr]. The number of rotatable bonds is 7. The molecule has 2 amide bonds. The van der Waals surface area contributed by atoms with E-state index in [2.05, 4.69) is 10.6 Å². The maximum atomic E-state index is 12.6. The van der Waals surface area contributed by atoms with Crippen LogP contribution in [0.3, 0.4) is 0 Å². The van der Waals surface area contributed by atoms with Crippen LogP contribution < -0.4 is 10.6 Å². The van der Waals surface area contributed by atoms with Crippen molar-refractivity contribution in [3.05, 3.63) is 58.6 Å². The summed E-state index contributed by atoms with van der Waals surface area (Å²) in [6.45, 7) is 5.33. The molecule has 2 aromatic rings. The Morgan fingerprint density at radius 1 is 1.09 bits per heavy atom. The van der Waals surface area contributed by atoms with E-state index in [1.807, 2.05) is 0 Å². The van der Waals surface area contributed by atoms with E-state index in [9.17, 15) is 19.5 Å². The number of phenols is 1. The summed E-state index contributed by atoms with van der Waals surface area (Å²) >= 11 is 5.87. The number of hydrogen-bond donors (Lipinski definition) is 3. The summed E-state index contributed by atoms with van der Waals surface area (Å²) in [5.74, 6) is -1.04. The standard InChI is InChI=1S/C23H27ClN2O6.Pr/c1-23(2,3)32-22(30)26-16-8-5-14(6-9-16)11-17(13-20(28)31-4)25-21(29)15-7-10-19(27)18(24)12-15;/h5-10,12,17,27H,11,13H2,1-4H3,(H,25,29)(H,26,30);/t17-;/m0./s1. The Bertz CT molecular complexity index is 976. The molecular weight excluding hydrogens is 577 g/mol. The Kier molecular flexibility index (Phi) is 11.6. The van der Waals surface area contributed by atoms with Crippen LogP contribution in [-0.2, 0) is 20.7 Å². The van der Waals surface area contributed by atoms with Crippen molar-refractivity contribution in [2.24, 2.45) is 0 Å². The van der Waals surface area contributed by atoms with E-state index in [4.69, 9.17) is 21.1 Å². The minimum Gasteiger partial charge on any atom is -0.506 e. The molecule has 2 aromatic carbocycles. The van der Waals surface area contributed by atoms with Gasteiger partial charge in [-0.3, -0.25) is 14.9 Å². The van der Waals surface area contributed by atoms with Crippen molar-refractivity contribution in [3.8, 4) is 5.75 Å². The van der Waals surface area contributed by atoms with Gasteiger partial charge in [0, 0.05) is 58.6 Å². The van der Waals surface area contributed by atoms with Crippen molar-refractivity contribution in [1.82, 2.24) is 5.32 Å². The van der Waals surface area contributed by atoms with Gasteiger partial charge in [0.2, 0.25) is 0 Å². The number of halogens is 1. The van der Waals surface area contributed by atoms with Crippen molar-refractivity contribution < 1.29 is 70.3 Å². The second kappa shape index (κ2) is 13.1. The van der Waals surface area contributed by atoms with E-state index in [1.54, 1.807) is 45.0 Å². The quantitative estimate of drug-likeness (QED) is 0.407. The molecule has 10 heteroatoms. The van der Waals surface area contributed by atoms with Gasteiger partial charge in [0.25, 0.3) is 5.91 Å². The Morgan fingerprint density at radius 3 is 2.27 bits per heavy atom. The van der Waals surface area contributed by atoms with Crippen molar-refractivity contribution in [1.29, 1.82) is 0 Å². The summed E-state index contributed by atoms with van der Waals surface area (Å²) in [7, 11) is 1.28. The third-order valence-corrected chi connectivity index (χ3v) is 4.57. The molecule has 3 N–H and O–H groups in total. The Hall–Kier alpha value is -1.90. The number of benzene rings is 2. The van der Waals surface area contributed by atoms with E-state index < -0.39 is 29.6 Å². The maximum absolute atomic E-state index is 12.6. The van der Waals surface area contributed by atoms with Gasteiger partial charge in [-0.25, -0.2) is 4.79 Å². The largest absolute Gasteiger partial charge is 0.506 e. The molecule has 0 aliphatic rings. The molecule has 2 rings (SSSR count). The second-order valence-corrected chi connectivity index (χ2v) is 8.55. The molecule has 0 bridgehead atoms. The van der Waals surface area contributed by atoms with Gasteiger partial charge < -0.3 is 19.9 Å². The normalized spacial score (nSPS) is 11.5. The zero-order valence-corrected chi connectivity index (χ0v) is 23.4. The fraction of sp³-hybridized carbons (Fsp3) is 0.348. The van der Waals surface area contributed by atoms with Crippen LogP contribution in [-0.4, -0.2) is 41.8 Å². The summed E-state index contributed by atoms with van der Waals surface area (Å²) in [4.78, 5) is 36.3. The molecule has 0 aliphatic heterocycles. The molecule has 8 nitrogen and oxygen atoms in total. The number of esters is 1. The van der Waals surface area contributed by atoms with Gasteiger partial charge in [-0.05, 0) is 63.1 Å². The summed E-state index contributed by atoms with van der Waals surface area (Å²) in [5.41, 5.74) is 1.03. The van der Waals surface area contributed by atoms with E-state index in [-0.39, 0.29) is 64.0 Å². The van der Waals surface area contributed by atoms with Gasteiger partial charge in [0.05, 0.1) is 18.6 Å². The molecule has 1 radical (unpaired) electrons. The minimum atomic E-state index is -0.606. The van der Waals surface area contributed by atoms with Crippen molar-refractivity contribution in [2.45, 2.75) is 45.3 Å². The van der Waals surface area contributed by atoms with Crippen LogP contribution in [0, 0.1) is 41.3 Å². The number of phenolic OH excluding ortho intramolecular Hbond substituents is 1. The van der Waals surface area contributed by atoms with Crippen LogP contribution in [0.5, 0.6) is 5.75 Å². The summed E-state index contributed by atoms with van der Waals surface area (Å²) in [6, 6.07) is 10.5. The van der Waals surface area contributed by atoms with Crippen LogP contribution in [0.15, 0.2) is 42.5 Å². The molecule has 175 valence electrons. The predicted octanol–water partition coefficient (Wildman–Crippen LogP) is 4.30. The van der Waals surface area contributed by atoms with Gasteiger partial charge in [-0.2, -0.15) is 0 Å². The van der Waals surface area contributed by atoms with Crippen LogP contribution >= 0.6 is 11.6 Å². The van der Waals surface area contributed by atoms with Gasteiger partial charge in [0.15, 0.2) is 0 Å². The monoisotopic (exact) mass is 603 g/mol. The van der Waals surface area contributed by atoms with Crippen molar-refractivity contribution >= 4 is 35.3 Å². The number of nitrogens with one attached hydrogen (secondary N) is 2. The van der Waals surface area contributed by atoms with E-state index >= 15 is 0 Å². The number of hydrogen-bond acceptors (Lipinski definition) is 6. The first-order valence-electron chi connectivity index (χ1n) is 9.92. The number of methoxy groups -OCH3 is 1. The fourth-order valence-electron chi connectivity index (χ4n) is 2.81. The molecule has 1 atom stereocenters. The van der Waals surface area contributed by atoms with Crippen LogP contribution in [0.4, 0.5) is 10.5 Å². The van der Waals surface area contributed by atoms with Gasteiger partial charge in [0.1, 0.15) is 11.4 Å². The number of carbonyl (C=O) groups excluding carboxylic acids is 3. The molecule has 0 saturated heterocycles. The van der Waals surface area contributed by atoms with Gasteiger partial charge >= 0.3 is 12.1 Å². The number of aromatic hydroxyl groups is 1. The summed E-state index contributed by atoms with van der Waals surface area (Å²) in [6.07, 6.45) is -0.251. The fourth-order valence-corrected chi connectivity index (χ4v) is 2.99. The van der Waals surface area contributed by atoms with E-state index in [0.717, 1.165) is 5.56 Å². The number of amides is 2. The van der Waals surface area contributed by atoms with Crippen LogP contribution in [0.2, 0.25) is 5.02 Å². The summed E-state index contributed by atoms with van der Waals surface area (Å²) in [5, 5.41) is 15.0. The average molecular weight is 604 g/mol. The zero-order chi connectivity index (χ0) is 23.9. The second-order valence-electron chi connectivity index (χ2n) is 8.14. The molecule has 33 heavy (non-hydrogen) atoms. The molecule has 0 saturated carbocycles. The molecule has 0 spiro atoms. The van der Waals surface area contributed by atoms with E-state index in [0.29, 0.717) is 12.1 Å². The average Bonchev–Trinajstić information content (AvgIpc) is 2.69. The molecule has 0 unspecified atom stereocenters. The van der Waals surface area contributed by atoms with Crippen LogP contribution in [0.25, 0.3) is 0 Å². The zero-order valence-electron chi connectivity index (χ0n) is 19.0. The van der Waals surface area contributed by atoms with Crippen molar-refractivity contribution in [3.63, 3.8) is 0 Å². The predicted molar refractivity (Wildman–Crippen MR) is 121 cm³/mol. The first-order valence-corrected chi connectivity index (χ1v) is 10.3.